The van der Waals surface area contributed by atoms with E-state index in [1.807, 2.05) is 42.5 Å². The lowest BCUT2D eigenvalue weighted by Gasteiger charge is -2.00. The zero-order valence-corrected chi connectivity index (χ0v) is 12.0. The van der Waals surface area contributed by atoms with Crippen LogP contribution < -0.4 is 0 Å². The van der Waals surface area contributed by atoms with Crippen LogP contribution in [0.3, 0.4) is 0 Å². The molecule has 0 aliphatic heterocycles. The van der Waals surface area contributed by atoms with Crippen molar-refractivity contribution in [1.82, 2.24) is 14.8 Å². The van der Waals surface area contributed by atoms with E-state index in [9.17, 15) is 4.79 Å². The molecule has 0 saturated heterocycles. The SMILES string of the molecule is O=Cc1cn(-c2ccccc2)nc1-c1ccc(Br)cn1. The number of halogens is 1. The number of carbonyl (C=O) groups is 1. The first kappa shape index (κ1) is 12.7. The predicted octanol–water partition coefficient (Wildman–Crippen LogP) is 3.51. The average Bonchev–Trinajstić information content (AvgIpc) is 2.93. The number of rotatable bonds is 3. The van der Waals surface area contributed by atoms with Crippen molar-refractivity contribution in [1.29, 1.82) is 0 Å². The number of carbonyl (C=O) groups excluding carboxylic acids is 1. The van der Waals surface area contributed by atoms with Gasteiger partial charge in [0.05, 0.1) is 16.9 Å². The molecule has 2 heterocycles. The Kier molecular flexibility index (Phi) is 3.43. The van der Waals surface area contributed by atoms with Gasteiger partial charge >= 0.3 is 0 Å². The van der Waals surface area contributed by atoms with E-state index in [-0.39, 0.29) is 0 Å². The van der Waals surface area contributed by atoms with E-state index in [0.717, 1.165) is 16.4 Å². The van der Waals surface area contributed by atoms with Gasteiger partial charge < -0.3 is 0 Å². The average molecular weight is 328 g/mol. The topological polar surface area (TPSA) is 47.8 Å². The Labute approximate surface area is 124 Å². The second-order valence-electron chi connectivity index (χ2n) is 4.19. The van der Waals surface area contributed by atoms with Crippen LogP contribution in [0.15, 0.2) is 59.3 Å². The number of aldehydes is 1. The van der Waals surface area contributed by atoms with Gasteiger partial charge in [0.25, 0.3) is 0 Å². The van der Waals surface area contributed by atoms with Crippen molar-refractivity contribution >= 4 is 22.2 Å². The molecule has 4 nitrogen and oxygen atoms in total. The molecule has 2 aromatic heterocycles. The summed E-state index contributed by atoms with van der Waals surface area (Å²) in [6.45, 7) is 0. The molecule has 0 amide bonds. The van der Waals surface area contributed by atoms with Crippen molar-refractivity contribution in [2.75, 3.05) is 0 Å². The van der Waals surface area contributed by atoms with Gasteiger partial charge in [0.2, 0.25) is 0 Å². The van der Waals surface area contributed by atoms with Crippen LogP contribution in [0.25, 0.3) is 17.1 Å². The Morgan fingerprint density at radius 2 is 1.90 bits per heavy atom. The first-order chi connectivity index (χ1) is 9.78. The monoisotopic (exact) mass is 327 g/mol. The first-order valence-corrected chi connectivity index (χ1v) is 6.79. The molecule has 3 rings (SSSR count). The molecule has 0 aliphatic rings. The first-order valence-electron chi connectivity index (χ1n) is 6.00. The van der Waals surface area contributed by atoms with Gasteiger partial charge in [-0.15, -0.1) is 0 Å². The number of para-hydroxylation sites is 1. The maximum absolute atomic E-state index is 11.2. The number of aromatic nitrogens is 3. The van der Waals surface area contributed by atoms with E-state index >= 15 is 0 Å². The van der Waals surface area contributed by atoms with Crippen molar-refractivity contribution in [2.45, 2.75) is 0 Å². The lowest BCUT2D eigenvalue weighted by molar-refractivity contribution is 0.112. The van der Waals surface area contributed by atoms with Gasteiger partial charge in [0.1, 0.15) is 5.69 Å². The van der Waals surface area contributed by atoms with Gasteiger partial charge in [-0.25, -0.2) is 4.68 Å². The number of hydrogen-bond acceptors (Lipinski definition) is 3. The summed E-state index contributed by atoms with van der Waals surface area (Å²) in [7, 11) is 0. The highest BCUT2D eigenvalue weighted by Crippen LogP contribution is 2.22. The van der Waals surface area contributed by atoms with Gasteiger partial charge in [0.15, 0.2) is 6.29 Å². The van der Waals surface area contributed by atoms with E-state index in [0.29, 0.717) is 17.0 Å². The Bertz CT molecular complexity index is 736. The molecular formula is C15H10BrN3O. The standard InChI is InChI=1S/C15H10BrN3O/c16-12-6-7-14(17-8-12)15-11(10-20)9-19(18-15)13-4-2-1-3-5-13/h1-10H. The van der Waals surface area contributed by atoms with Gasteiger partial charge in [-0.05, 0) is 40.2 Å². The van der Waals surface area contributed by atoms with Crippen molar-refractivity contribution in [3.05, 3.63) is 64.9 Å². The van der Waals surface area contributed by atoms with Crippen LogP contribution in [-0.2, 0) is 0 Å². The lowest BCUT2D eigenvalue weighted by atomic mass is 10.2. The van der Waals surface area contributed by atoms with E-state index in [2.05, 4.69) is 26.0 Å². The Hall–Kier alpha value is -2.27. The van der Waals surface area contributed by atoms with E-state index in [4.69, 9.17) is 0 Å². The maximum Gasteiger partial charge on any atom is 0.153 e. The Morgan fingerprint density at radius 3 is 2.55 bits per heavy atom. The molecule has 0 spiro atoms. The molecule has 1 aromatic carbocycles. The lowest BCUT2D eigenvalue weighted by Crippen LogP contribution is -1.94. The van der Waals surface area contributed by atoms with Gasteiger partial charge in [-0.1, -0.05) is 18.2 Å². The smallest absolute Gasteiger partial charge is 0.153 e. The molecular weight excluding hydrogens is 318 g/mol. The van der Waals surface area contributed by atoms with E-state index in [1.54, 1.807) is 17.1 Å². The molecule has 0 atom stereocenters. The molecule has 98 valence electrons. The summed E-state index contributed by atoms with van der Waals surface area (Å²) in [5.41, 5.74) is 2.67. The summed E-state index contributed by atoms with van der Waals surface area (Å²) in [5, 5.41) is 4.46. The van der Waals surface area contributed by atoms with Crippen molar-refractivity contribution in [3.63, 3.8) is 0 Å². The molecule has 0 fully saturated rings. The third kappa shape index (κ3) is 2.40. The minimum atomic E-state index is 0.517. The maximum atomic E-state index is 11.2. The second kappa shape index (κ2) is 5.38. The molecule has 0 aliphatic carbocycles. The normalized spacial score (nSPS) is 10.4. The summed E-state index contributed by atoms with van der Waals surface area (Å²) >= 11 is 3.34. The highest BCUT2D eigenvalue weighted by molar-refractivity contribution is 9.10. The number of pyridine rings is 1. The molecule has 0 bridgehead atoms. The van der Waals surface area contributed by atoms with Crippen LogP contribution in [0.5, 0.6) is 0 Å². The Morgan fingerprint density at radius 1 is 1.10 bits per heavy atom. The van der Waals surface area contributed by atoms with E-state index < -0.39 is 0 Å². The number of hydrogen-bond donors (Lipinski definition) is 0. The minimum absolute atomic E-state index is 0.517. The third-order valence-corrected chi connectivity index (χ3v) is 3.33. The Balaban J connectivity index is 2.10. The fourth-order valence-electron chi connectivity index (χ4n) is 1.90. The predicted molar refractivity (Wildman–Crippen MR) is 79.9 cm³/mol. The van der Waals surface area contributed by atoms with Gasteiger partial charge in [-0.3, -0.25) is 9.78 Å². The largest absolute Gasteiger partial charge is 0.298 e. The number of nitrogens with zero attached hydrogens (tertiary/aromatic N) is 3. The van der Waals surface area contributed by atoms with Gasteiger partial charge in [-0.2, -0.15) is 5.10 Å². The van der Waals surface area contributed by atoms with Crippen molar-refractivity contribution in [3.8, 4) is 17.1 Å². The van der Waals surface area contributed by atoms with Crippen LogP contribution >= 0.6 is 15.9 Å². The number of benzene rings is 1. The van der Waals surface area contributed by atoms with Gasteiger partial charge in [0, 0.05) is 16.9 Å². The fourth-order valence-corrected chi connectivity index (χ4v) is 2.14. The molecule has 20 heavy (non-hydrogen) atoms. The molecule has 3 aromatic rings. The van der Waals surface area contributed by atoms with Crippen LogP contribution in [0, 0.1) is 0 Å². The minimum Gasteiger partial charge on any atom is -0.298 e. The van der Waals surface area contributed by atoms with Crippen LogP contribution in [0.1, 0.15) is 10.4 Å². The summed E-state index contributed by atoms with van der Waals surface area (Å²) < 4.78 is 2.57. The van der Waals surface area contributed by atoms with Crippen LogP contribution in [-0.4, -0.2) is 21.1 Å². The van der Waals surface area contributed by atoms with E-state index in [1.165, 1.54) is 0 Å². The fraction of sp³-hybridized carbons (Fsp3) is 0. The van der Waals surface area contributed by atoms with Crippen molar-refractivity contribution < 1.29 is 4.79 Å². The third-order valence-electron chi connectivity index (χ3n) is 2.86. The zero-order chi connectivity index (χ0) is 13.9. The summed E-state index contributed by atoms with van der Waals surface area (Å²) in [6.07, 6.45) is 4.19. The molecule has 5 heteroatoms. The summed E-state index contributed by atoms with van der Waals surface area (Å²) in [4.78, 5) is 15.5. The molecule has 0 radical (unpaired) electrons. The highest BCUT2D eigenvalue weighted by Gasteiger charge is 2.12. The van der Waals surface area contributed by atoms with Crippen molar-refractivity contribution in [2.24, 2.45) is 0 Å². The molecule has 0 unspecified atom stereocenters. The van der Waals surface area contributed by atoms with Crippen LogP contribution in [0.4, 0.5) is 0 Å². The molecule has 0 saturated carbocycles. The second-order valence-corrected chi connectivity index (χ2v) is 5.11. The quantitative estimate of drug-likeness (QED) is 0.691. The molecule has 0 N–H and O–H groups in total. The zero-order valence-electron chi connectivity index (χ0n) is 10.4. The highest BCUT2D eigenvalue weighted by atomic mass is 79.9. The van der Waals surface area contributed by atoms with Crippen LogP contribution in [0.2, 0.25) is 0 Å². The summed E-state index contributed by atoms with van der Waals surface area (Å²) in [6, 6.07) is 13.4. The summed E-state index contributed by atoms with van der Waals surface area (Å²) in [5.74, 6) is 0.